The highest BCUT2D eigenvalue weighted by Crippen LogP contribution is 2.10. The highest BCUT2D eigenvalue weighted by Gasteiger charge is 2.09. The maximum atomic E-state index is 12.0. The molecule has 0 aliphatic rings. The van der Waals surface area contributed by atoms with E-state index in [4.69, 9.17) is 0 Å². The first-order valence-electron chi connectivity index (χ1n) is 6.87. The van der Waals surface area contributed by atoms with Crippen molar-refractivity contribution in [3.05, 3.63) is 59.7 Å². The van der Waals surface area contributed by atoms with Crippen LogP contribution in [0.2, 0.25) is 0 Å². The van der Waals surface area contributed by atoms with Gasteiger partial charge in [-0.1, -0.05) is 12.1 Å². The fraction of sp³-hybridized carbons (Fsp3) is 0.188. The van der Waals surface area contributed by atoms with Gasteiger partial charge in [0.25, 0.3) is 5.91 Å². The van der Waals surface area contributed by atoms with Gasteiger partial charge in [0.05, 0.1) is 16.6 Å². The van der Waals surface area contributed by atoms with Gasteiger partial charge in [-0.15, -0.1) is 0 Å². The molecule has 0 radical (unpaired) electrons. The number of aromatic nitrogens is 3. The number of aromatic amines is 1. The summed E-state index contributed by atoms with van der Waals surface area (Å²) in [5, 5.41) is 2.89. The number of amides is 1. The fourth-order valence-electron chi connectivity index (χ4n) is 2.24. The molecule has 1 aromatic carbocycles. The topological polar surface area (TPSA) is 70.7 Å². The van der Waals surface area contributed by atoms with Crippen molar-refractivity contribution in [1.29, 1.82) is 0 Å². The number of H-pyrrole nitrogens is 1. The molecule has 0 saturated heterocycles. The van der Waals surface area contributed by atoms with E-state index in [0.717, 1.165) is 22.6 Å². The van der Waals surface area contributed by atoms with Gasteiger partial charge in [-0.3, -0.25) is 9.78 Å². The number of carbonyl (C=O) groups is 1. The first kappa shape index (κ1) is 13.3. The highest BCUT2D eigenvalue weighted by atomic mass is 16.1. The van der Waals surface area contributed by atoms with E-state index in [-0.39, 0.29) is 5.91 Å². The second-order valence-electron chi connectivity index (χ2n) is 4.84. The van der Waals surface area contributed by atoms with Crippen molar-refractivity contribution >= 4 is 16.9 Å². The zero-order chi connectivity index (χ0) is 14.7. The van der Waals surface area contributed by atoms with Crippen molar-refractivity contribution in [3.63, 3.8) is 0 Å². The van der Waals surface area contributed by atoms with Gasteiger partial charge in [0.1, 0.15) is 5.82 Å². The van der Waals surface area contributed by atoms with E-state index >= 15 is 0 Å². The Labute approximate surface area is 122 Å². The van der Waals surface area contributed by atoms with Crippen LogP contribution in [0.3, 0.4) is 0 Å². The van der Waals surface area contributed by atoms with E-state index in [0.29, 0.717) is 18.5 Å². The van der Waals surface area contributed by atoms with Gasteiger partial charge >= 0.3 is 0 Å². The fourth-order valence-corrected chi connectivity index (χ4v) is 2.24. The normalized spacial score (nSPS) is 10.7. The average molecular weight is 280 g/mol. The Balaban J connectivity index is 1.61. The molecular weight excluding hydrogens is 264 g/mol. The molecule has 1 amide bonds. The lowest BCUT2D eigenvalue weighted by atomic mass is 10.2. The summed E-state index contributed by atoms with van der Waals surface area (Å²) in [5.74, 6) is 0.774. The number of pyridine rings is 1. The van der Waals surface area contributed by atoms with Gasteiger partial charge in [-0.2, -0.15) is 0 Å². The summed E-state index contributed by atoms with van der Waals surface area (Å²) in [7, 11) is 0. The first-order valence-corrected chi connectivity index (χ1v) is 6.87. The smallest absolute Gasteiger partial charge is 0.253 e. The molecule has 3 aromatic rings. The molecule has 0 atom stereocenters. The number of fused-ring (bicyclic) bond motifs is 1. The van der Waals surface area contributed by atoms with Crippen LogP contribution in [0, 0.1) is 6.92 Å². The second kappa shape index (κ2) is 5.75. The van der Waals surface area contributed by atoms with Crippen LogP contribution in [0.4, 0.5) is 0 Å². The van der Waals surface area contributed by atoms with Crippen LogP contribution < -0.4 is 5.32 Å². The van der Waals surface area contributed by atoms with Gasteiger partial charge in [-0.05, 0) is 31.2 Å². The molecule has 0 bridgehead atoms. The second-order valence-corrected chi connectivity index (χ2v) is 4.84. The zero-order valence-electron chi connectivity index (χ0n) is 11.8. The number of benzene rings is 1. The first-order chi connectivity index (χ1) is 10.2. The molecule has 3 rings (SSSR count). The Kier molecular flexibility index (Phi) is 3.64. The molecule has 2 heterocycles. The summed E-state index contributed by atoms with van der Waals surface area (Å²) < 4.78 is 0. The standard InChI is InChI=1S/C16H16N4O/c1-11-12(5-4-9-17-11)16(21)18-10-8-15-19-13-6-2-3-7-14(13)20-15/h2-7,9H,8,10H2,1H3,(H,18,21)(H,19,20). The predicted molar refractivity (Wildman–Crippen MR) is 81.1 cm³/mol. The van der Waals surface area contributed by atoms with Gasteiger partial charge in [0.15, 0.2) is 0 Å². The van der Waals surface area contributed by atoms with Crippen LogP contribution in [0.15, 0.2) is 42.6 Å². The Hall–Kier alpha value is -2.69. The number of para-hydroxylation sites is 2. The van der Waals surface area contributed by atoms with Gasteiger partial charge in [-0.25, -0.2) is 4.98 Å². The third-order valence-corrected chi connectivity index (χ3v) is 3.34. The van der Waals surface area contributed by atoms with E-state index in [2.05, 4.69) is 20.3 Å². The maximum absolute atomic E-state index is 12.0. The van der Waals surface area contributed by atoms with Crippen molar-refractivity contribution in [2.75, 3.05) is 6.54 Å². The molecule has 0 aliphatic carbocycles. The number of nitrogens with one attached hydrogen (secondary N) is 2. The third-order valence-electron chi connectivity index (χ3n) is 3.34. The summed E-state index contributed by atoms with van der Waals surface area (Å²) in [6.45, 7) is 2.36. The van der Waals surface area contributed by atoms with Gasteiger partial charge in [0, 0.05) is 24.9 Å². The van der Waals surface area contributed by atoms with Gasteiger partial charge < -0.3 is 10.3 Å². The summed E-state index contributed by atoms with van der Waals surface area (Å²) in [6.07, 6.45) is 2.35. The largest absolute Gasteiger partial charge is 0.352 e. The number of imidazole rings is 1. The number of carbonyl (C=O) groups excluding carboxylic acids is 1. The molecule has 0 unspecified atom stereocenters. The van der Waals surface area contributed by atoms with Crippen molar-refractivity contribution in [2.24, 2.45) is 0 Å². The van der Waals surface area contributed by atoms with E-state index in [1.165, 1.54) is 0 Å². The van der Waals surface area contributed by atoms with Crippen molar-refractivity contribution in [3.8, 4) is 0 Å². The molecule has 0 spiro atoms. The maximum Gasteiger partial charge on any atom is 0.253 e. The Morgan fingerprint density at radius 3 is 2.90 bits per heavy atom. The zero-order valence-corrected chi connectivity index (χ0v) is 11.8. The highest BCUT2D eigenvalue weighted by molar-refractivity contribution is 5.95. The number of rotatable bonds is 4. The van der Waals surface area contributed by atoms with Crippen LogP contribution in [-0.2, 0) is 6.42 Å². The number of hydrogen-bond acceptors (Lipinski definition) is 3. The van der Waals surface area contributed by atoms with Crippen LogP contribution in [0.1, 0.15) is 21.9 Å². The lowest BCUT2D eigenvalue weighted by molar-refractivity contribution is 0.0953. The minimum Gasteiger partial charge on any atom is -0.352 e. The molecule has 106 valence electrons. The van der Waals surface area contributed by atoms with Crippen molar-refractivity contribution in [1.82, 2.24) is 20.3 Å². The molecule has 2 aromatic heterocycles. The lowest BCUT2D eigenvalue weighted by Crippen LogP contribution is -2.26. The molecule has 21 heavy (non-hydrogen) atoms. The molecule has 0 fully saturated rings. The van der Waals surface area contributed by atoms with Crippen LogP contribution >= 0.6 is 0 Å². The number of nitrogens with zero attached hydrogens (tertiary/aromatic N) is 2. The lowest BCUT2D eigenvalue weighted by Gasteiger charge is -2.05. The number of aryl methyl sites for hydroxylation is 1. The van der Waals surface area contributed by atoms with Crippen LogP contribution in [0.5, 0.6) is 0 Å². The van der Waals surface area contributed by atoms with E-state index < -0.39 is 0 Å². The van der Waals surface area contributed by atoms with E-state index in [1.807, 2.05) is 31.2 Å². The monoisotopic (exact) mass is 280 g/mol. The molecule has 0 saturated carbocycles. The minimum atomic E-state index is -0.100. The van der Waals surface area contributed by atoms with Crippen molar-refractivity contribution in [2.45, 2.75) is 13.3 Å². The van der Waals surface area contributed by atoms with Crippen molar-refractivity contribution < 1.29 is 4.79 Å². The SMILES string of the molecule is Cc1ncccc1C(=O)NCCc1nc2ccccc2[nH]1. The van der Waals surface area contributed by atoms with Crippen LogP contribution in [0.25, 0.3) is 11.0 Å². The van der Waals surface area contributed by atoms with E-state index in [1.54, 1.807) is 18.3 Å². The molecule has 5 heteroatoms. The molecule has 0 aliphatic heterocycles. The summed E-state index contributed by atoms with van der Waals surface area (Å²) in [6, 6.07) is 11.4. The molecule has 2 N–H and O–H groups in total. The number of hydrogen-bond donors (Lipinski definition) is 2. The summed E-state index contributed by atoms with van der Waals surface area (Å²) in [4.78, 5) is 23.9. The van der Waals surface area contributed by atoms with Crippen LogP contribution in [-0.4, -0.2) is 27.4 Å². The Morgan fingerprint density at radius 2 is 2.10 bits per heavy atom. The molecular formula is C16H16N4O. The predicted octanol–water partition coefficient (Wildman–Crippen LogP) is 2.24. The Bertz CT molecular complexity index is 746. The molecule has 5 nitrogen and oxygen atoms in total. The van der Waals surface area contributed by atoms with E-state index in [9.17, 15) is 4.79 Å². The average Bonchev–Trinajstić information content (AvgIpc) is 2.90. The van der Waals surface area contributed by atoms with Gasteiger partial charge in [0.2, 0.25) is 0 Å². The summed E-state index contributed by atoms with van der Waals surface area (Å²) >= 11 is 0. The Morgan fingerprint density at radius 1 is 1.24 bits per heavy atom. The quantitative estimate of drug-likeness (QED) is 0.770. The minimum absolute atomic E-state index is 0.100. The summed E-state index contributed by atoms with van der Waals surface area (Å²) in [5.41, 5.74) is 3.31. The third kappa shape index (κ3) is 2.91.